The molecule has 2 aliphatic heterocycles. The first kappa shape index (κ1) is 11.6. The topological polar surface area (TPSA) is 65.5 Å². The van der Waals surface area contributed by atoms with Crippen molar-refractivity contribution in [2.45, 2.75) is 25.5 Å². The van der Waals surface area contributed by atoms with Gasteiger partial charge in [0.05, 0.1) is 11.7 Å². The van der Waals surface area contributed by atoms with Crippen molar-refractivity contribution in [3.8, 4) is 0 Å². The van der Waals surface area contributed by atoms with E-state index < -0.39 is 0 Å². The zero-order chi connectivity index (χ0) is 12.5. The third kappa shape index (κ3) is 2.00. The van der Waals surface area contributed by atoms with Gasteiger partial charge in [-0.3, -0.25) is 9.78 Å². The molecule has 1 amide bonds. The van der Waals surface area contributed by atoms with Crippen LogP contribution in [0.2, 0.25) is 0 Å². The molecule has 0 radical (unpaired) electrons. The van der Waals surface area contributed by atoms with Crippen molar-refractivity contribution < 1.29 is 9.90 Å². The van der Waals surface area contributed by atoms with Crippen molar-refractivity contribution in [2.24, 2.45) is 0 Å². The summed E-state index contributed by atoms with van der Waals surface area (Å²) in [5, 5.41) is 12.8. The normalized spacial score (nSPS) is 22.9. The summed E-state index contributed by atoms with van der Waals surface area (Å²) in [7, 11) is 0. The predicted molar refractivity (Wildman–Crippen MR) is 66.2 cm³/mol. The van der Waals surface area contributed by atoms with E-state index in [2.05, 4.69) is 10.3 Å². The molecule has 1 fully saturated rings. The Bertz CT molecular complexity index is 475. The standard InChI is InChI=1S/C13H17N3O2/c17-10-2-4-16(8-10)13(18)12-7-15-6-9-5-14-3-1-11(9)12/h6-7,10,14,17H,1-5,8H2. The Balaban J connectivity index is 1.90. The summed E-state index contributed by atoms with van der Waals surface area (Å²) in [5.74, 6) is 0.0119. The molecule has 0 aromatic carbocycles. The minimum atomic E-state index is -0.372. The Morgan fingerprint density at radius 1 is 1.50 bits per heavy atom. The zero-order valence-electron chi connectivity index (χ0n) is 10.2. The smallest absolute Gasteiger partial charge is 0.255 e. The molecular weight excluding hydrogens is 230 g/mol. The van der Waals surface area contributed by atoms with Gasteiger partial charge in [-0.15, -0.1) is 0 Å². The van der Waals surface area contributed by atoms with E-state index in [4.69, 9.17) is 0 Å². The number of carbonyl (C=O) groups is 1. The molecule has 2 N–H and O–H groups in total. The van der Waals surface area contributed by atoms with Crippen LogP contribution in [0.15, 0.2) is 12.4 Å². The van der Waals surface area contributed by atoms with Crippen molar-refractivity contribution in [3.63, 3.8) is 0 Å². The molecule has 5 nitrogen and oxygen atoms in total. The van der Waals surface area contributed by atoms with Crippen LogP contribution in [0.3, 0.4) is 0 Å². The predicted octanol–water partition coefficient (Wildman–Crippen LogP) is -0.0659. The number of carbonyl (C=O) groups excluding carboxylic acids is 1. The summed E-state index contributed by atoms with van der Waals surface area (Å²) in [6.07, 6.45) is 4.67. The summed E-state index contributed by atoms with van der Waals surface area (Å²) in [6, 6.07) is 0. The monoisotopic (exact) mass is 247 g/mol. The first-order chi connectivity index (χ1) is 8.75. The molecule has 1 aromatic heterocycles. The number of fused-ring (bicyclic) bond motifs is 1. The van der Waals surface area contributed by atoms with Gasteiger partial charge in [0.1, 0.15) is 0 Å². The lowest BCUT2D eigenvalue weighted by molar-refractivity contribution is 0.0763. The van der Waals surface area contributed by atoms with E-state index in [1.54, 1.807) is 11.1 Å². The fourth-order valence-electron chi connectivity index (χ4n) is 2.70. The van der Waals surface area contributed by atoms with Crippen LogP contribution < -0.4 is 5.32 Å². The maximum Gasteiger partial charge on any atom is 0.255 e. The van der Waals surface area contributed by atoms with Gasteiger partial charge in [-0.05, 0) is 30.5 Å². The first-order valence-corrected chi connectivity index (χ1v) is 6.39. The molecule has 18 heavy (non-hydrogen) atoms. The average Bonchev–Trinajstić information content (AvgIpc) is 2.84. The van der Waals surface area contributed by atoms with E-state index in [1.165, 1.54) is 0 Å². The average molecular weight is 247 g/mol. The van der Waals surface area contributed by atoms with Gasteiger partial charge in [0.15, 0.2) is 0 Å². The third-order valence-corrected chi connectivity index (χ3v) is 3.69. The largest absolute Gasteiger partial charge is 0.391 e. The molecule has 1 aromatic rings. The highest BCUT2D eigenvalue weighted by Crippen LogP contribution is 2.21. The Kier molecular flexibility index (Phi) is 3.01. The Morgan fingerprint density at radius 3 is 3.17 bits per heavy atom. The van der Waals surface area contributed by atoms with E-state index in [0.717, 1.165) is 30.6 Å². The Hall–Kier alpha value is -1.46. The maximum atomic E-state index is 12.4. The second kappa shape index (κ2) is 4.66. The summed E-state index contributed by atoms with van der Waals surface area (Å²) in [6.45, 7) is 2.77. The minimum Gasteiger partial charge on any atom is -0.391 e. The van der Waals surface area contributed by atoms with Crippen molar-refractivity contribution in [2.75, 3.05) is 19.6 Å². The number of hydrogen-bond acceptors (Lipinski definition) is 4. The van der Waals surface area contributed by atoms with Crippen LogP contribution in [-0.2, 0) is 13.0 Å². The number of aliphatic hydroxyl groups excluding tert-OH is 1. The van der Waals surface area contributed by atoms with Crippen molar-refractivity contribution in [3.05, 3.63) is 29.1 Å². The van der Waals surface area contributed by atoms with E-state index >= 15 is 0 Å². The van der Waals surface area contributed by atoms with Crippen molar-refractivity contribution in [1.82, 2.24) is 15.2 Å². The molecule has 2 aliphatic rings. The summed E-state index contributed by atoms with van der Waals surface area (Å²) in [5.41, 5.74) is 2.95. The van der Waals surface area contributed by atoms with Gasteiger partial charge in [0.25, 0.3) is 5.91 Å². The number of pyridine rings is 1. The molecule has 0 bridgehead atoms. The van der Waals surface area contributed by atoms with Crippen LogP contribution in [0.4, 0.5) is 0 Å². The van der Waals surface area contributed by atoms with Crippen molar-refractivity contribution >= 4 is 5.91 Å². The molecule has 3 rings (SSSR count). The molecule has 5 heteroatoms. The van der Waals surface area contributed by atoms with Gasteiger partial charge in [-0.25, -0.2) is 0 Å². The van der Waals surface area contributed by atoms with Crippen LogP contribution >= 0.6 is 0 Å². The molecule has 0 spiro atoms. The minimum absolute atomic E-state index is 0.0119. The van der Waals surface area contributed by atoms with Crippen LogP contribution in [0.25, 0.3) is 0 Å². The fraction of sp³-hybridized carbons (Fsp3) is 0.538. The molecule has 1 saturated heterocycles. The lowest BCUT2D eigenvalue weighted by Crippen LogP contribution is -2.32. The second-order valence-corrected chi connectivity index (χ2v) is 4.95. The van der Waals surface area contributed by atoms with Gasteiger partial charge < -0.3 is 15.3 Å². The summed E-state index contributed by atoms with van der Waals surface area (Å²) < 4.78 is 0. The van der Waals surface area contributed by atoms with E-state index in [1.807, 2.05) is 6.20 Å². The summed E-state index contributed by atoms with van der Waals surface area (Å²) in [4.78, 5) is 18.3. The number of aromatic nitrogens is 1. The van der Waals surface area contributed by atoms with E-state index in [-0.39, 0.29) is 12.0 Å². The molecule has 0 saturated carbocycles. The molecule has 1 unspecified atom stereocenters. The molecule has 96 valence electrons. The highest BCUT2D eigenvalue weighted by atomic mass is 16.3. The Labute approximate surface area is 106 Å². The highest BCUT2D eigenvalue weighted by Gasteiger charge is 2.28. The quantitative estimate of drug-likeness (QED) is 0.729. The number of β-amino-alcohol motifs (C(OH)–C–C–N with tert-alkyl or cyclic N) is 1. The molecule has 0 aliphatic carbocycles. The number of likely N-dealkylation sites (tertiary alicyclic amines) is 1. The van der Waals surface area contributed by atoms with Gasteiger partial charge in [0.2, 0.25) is 0 Å². The van der Waals surface area contributed by atoms with Crippen LogP contribution in [0.5, 0.6) is 0 Å². The number of nitrogens with one attached hydrogen (secondary N) is 1. The number of rotatable bonds is 1. The fourth-order valence-corrected chi connectivity index (χ4v) is 2.70. The van der Waals surface area contributed by atoms with Crippen molar-refractivity contribution in [1.29, 1.82) is 0 Å². The first-order valence-electron chi connectivity index (χ1n) is 6.39. The van der Waals surface area contributed by atoms with Gasteiger partial charge in [-0.2, -0.15) is 0 Å². The maximum absolute atomic E-state index is 12.4. The molecule has 1 atom stereocenters. The third-order valence-electron chi connectivity index (χ3n) is 3.69. The number of nitrogens with zero attached hydrogens (tertiary/aromatic N) is 2. The lowest BCUT2D eigenvalue weighted by atomic mass is 9.97. The second-order valence-electron chi connectivity index (χ2n) is 4.95. The van der Waals surface area contributed by atoms with Gasteiger partial charge >= 0.3 is 0 Å². The molecular formula is C13H17N3O2. The number of aliphatic hydroxyl groups is 1. The number of amides is 1. The van der Waals surface area contributed by atoms with Gasteiger partial charge in [0, 0.05) is 32.0 Å². The van der Waals surface area contributed by atoms with Crippen LogP contribution in [-0.4, -0.2) is 46.6 Å². The Morgan fingerprint density at radius 2 is 2.39 bits per heavy atom. The zero-order valence-corrected chi connectivity index (χ0v) is 10.2. The molecule has 3 heterocycles. The highest BCUT2D eigenvalue weighted by molar-refractivity contribution is 5.96. The van der Waals surface area contributed by atoms with E-state index in [0.29, 0.717) is 25.1 Å². The van der Waals surface area contributed by atoms with Crippen LogP contribution in [0.1, 0.15) is 27.9 Å². The lowest BCUT2D eigenvalue weighted by Gasteiger charge is -2.22. The SMILES string of the molecule is O=C(c1cncc2c1CCNC2)N1CCC(O)C1. The summed E-state index contributed by atoms with van der Waals surface area (Å²) >= 11 is 0. The van der Waals surface area contributed by atoms with Gasteiger partial charge in [-0.1, -0.05) is 0 Å². The van der Waals surface area contributed by atoms with E-state index in [9.17, 15) is 9.90 Å². The number of hydrogen-bond donors (Lipinski definition) is 2. The van der Waals surface area contributed by atoms with Crippen LogP contribution in [0, 0.1) is 0 Å².